The number of nitrogens with two attached hydrogens (primary N) is 2. The molecule has 0 aliphatic rings. The fraction of sp³-hybridized carbons (Fsp3) is 0.315. The first-order valence-electron chi connectivity index (χ1n) is 23.5. The number of H-pyrrole nitrogens is 2. The van der Waals surface area contributed by atoms with Crippen molar-refractivity contribution in [1.82, 2.24) is 39.2 Å². The van der Waals surface area contributed by atoms with E-state index in [0.717, 1.165) is 65.8 Å². The van der Waals surface area contributed by atoms with Crippen LogP contribution < -0.4 is 32.1 Å². The maximum atomic E-state index is 12.9. The molecule has 4 aromatic carbocycles. The molecule has 0 bridgehead atoms. The number of alkyl halides is 3. The number of hydrogen-bond acceptors (Lipinski definition) is 12. The summed E-state index contributed by atoms with van der Waals surface area (Å²) < 4.78 is 51.2. The Balaban J connectivity index is 0.000000229. The van der Waals surface area contributed by atoms with Crippen molar-refractivity contribution in [2.45, 2.75) is 101 Å². The molecule has 0 fully saturated rings. The summed E-state index contributed by atoms with van der Waals surface area (Å²) in [5.41, 5.74) is 16.6. The molecule has 0 saturated carbocycles. The lowest BCUT2D eigenvalue weighted by molar-refractivity contribution is -0.137. The molecular formula is C54H59F3N12O5. The number of aryl methyl sites for hydroxylation is 5. The van der Waals surface area contributed by atoms with Crippen LogP contribution in [0.1, 0.15) is 98.8 Å². The van der Waals surface area contributed by atoms with Crippen LogP contribution in [0, 0.1) is 38.7 Å². The summed E-state index contributed by atoms with van der Waals surface area (Å²) in [4.78, 5) is 56.6. The predicted molar refractivity (Wildman–Crippen MR) is 279 cm³/mol. The molecule has 17 nitrogen and oxygen atoms in total. The van der Waals surface area contributed by atoms with Gasteiger partial charge >= 0.3 is 6.18 Å². The lowest BCUT2D eigenvalue weighted by Gasteiger charge is -2.12. The van der Waals surface area contributed by atoms with E-state index in [1.54, 1.807) is 40.2 Å². The molecule has 6 N–H and O–H groups in total. The van der Waals surface area contributed by atoms with Crippen LogP contribution in [0.5, 0.6) is 11.5 Å². The Hall–Kier alpha value is -8.78. The quantitative estimate of drug-likeness (QED) is 0.0588. The summed E-state index contributed by atoms with van der Waals surface area (Å²) in [5, 5.41) is 17.7. The first kappa shape index (κ1) is 56.1. The highest BCUT2D eigenvalue weighted by atomic mass is 19.4. The van der Waals surface area contributed by atoms with Crippen molar-refractivity contribution >= 4 is 33.9 Å². The molecular weight excluding hydrogens is 954 g/mol. The molecule has 74 heavy (non-hydrogen) atoms. The van der Waals surface area contributed by atoms with Gasteiger partial charge in [0.15, 0.2) is 28.4 Å². The smallest absolute Gasteiger partial charge is 0.417 e. The lowest BCUT2D eigenvalue weighted by atomic mass is 9.99. The zero-order chi connectivity index (χ0) is 53.1. The van der Waals surface area contributed by atoms with Crippen molar-refractivity contribution in [2.24, 2.45) is 0 Å². The van der Waals surface area contributed by atoms with Gasteiger partial charge in [-0.2, -0.15) is 18.4 Å². The fourth-order valence-corrected chi connectivity index (χ4v) is 8.03. The molecule has 0 aliphatic carbocycles. The van der Waals surface area contributed by atoms with Crippen LogP contribution in [0.4, 0.5) is 30.2 Å². The van der Waals surface area contributed by atoms with Crippen LogP contribution in [-0.2, 0) is 36.7 Å². The van der Waals surface area contributed by atoms with Gasteiger partial charge < -0.3 is 30.9 Å². The second-order valence-corrected chi connectivity index (χ2v) is 16.8. The molecule has 0 atom stereocenters. The number of benzene rings is 4. The lowest BCUT2D eigenvalue weighted by Crippen LogP contribution is -2.16. The number of fused-ring (bicyclic) bond motifs is 2. The zero-order valence-electron chi connectivity index (χ0n) is 41.5. The molecule has 0 radical (unpaired) electrons. The molecule has 0 saturated heterocycles. The van der Waals surface area contributed by atoms with Crippen LogP contribution in [0.2, 0.25) is 0 Å². The number of carbonyl (C=O) groups excluding carboxylic acids is 1. The maximum Gasteiger partial charge on any atom is 0.417 e. The maximum absolute atomic E-state index is 12.9. The minimum Gasteiger partial charge on any atom is -0.493 e. The summed E-state index contributed by atoms with van der Waals surface area (Å²) in [6.07, 6.45) is -0.750. The Morgan fingerprint density at radius 2 is 1.20 bits per heavy atom. The first-order valence-corrected chi connectivity index (χ1v) is 23.5. The van der Waals surface area contributed by atoms with E-state index in [2.05, 4.69) is 43.7 Å². The van der Waals surface area contributed by atoms with Gasteiger partial charge in [0.2, 0.25) is 0 Å². The van der Waals surface area contributed by atoms with Gasteiger partial charge in [0.25, 0.3) is 11.1 Å². The second kappa shape index (κ2) is 24.6. The van der Waals surface area contributed by atoms with Crippen LogP contribution in [-0.4, -0.2) is 58.2 Å². The number of aromatic amines is 2. The van der Waals surface area contributed by atoms with E-state index in [1.807, 2.05) is 58.0 Å². The van der Waals surface area contributed by atoms with Gasteiger partial charge in [-0.05, 0) is 113 Å². The van der Waals surface area contributed by atoms with Gasteiger partial charge in [-0.1, -0.05) is 45.5 Å². The predicted octanol–water partition coefficient (Wildman–Crippen LogP) is 10.1. The van der Waals surface area contributed by atoms with Gasteiger partial charge in [0.1, 0.15) is 28.9 Å². The Morgan fingerprint density at radius 3 is 1.68 bits per heavy atom. The Kier molecular flexibility index (Phi) is 18.6. The average Bonchev–Trinajstić information content (AvgIpc) is 3.84. The summed E-state index contributed by atoms with van der Waals surface area (Å²) in [6, 6.07) is 20.6. The molecule has 8 aromatic rings. The summed E-state index contributed by atoms with van der Waals surface area (Å²) in [5.74, 6) is 3.55. The number of nitrogen functional groups attached to an aromatic ring is 2. The number of nitrogens with zero attached hydrogens (tertiary/aromatic N) is 8. The van der Waals surface area contributed by atoms with Gasteiger partial charge in [0.05, 0.1) is 59.5 Å². The van der Waals surface area contributed by atoms with Crippen molar-refractivity contribution in [3.05, 3.63) is 156 Å². The van der Waals surface area contributed by atoms with E-state index in [0.29, 0.717) is 87.7 Å². The molecule has 8 rings (SSSR count). The second-order valence-electron chi connectivity index (χ2n) is 16.8. The summed E-state index contributed by atoms with van der Waals surface area (Å²) in [7, 11) is 0. The molecule has 4 aromatic heterocycles. The topological polar surface area (TPSA) is 242 Å². The third-order valence-electron chi connectivity index (χ3n) is 11.2. The zero-order valence-corrected chi connectivity index (χ0v) is 41.5. The fourth-order valence-electron chi connectivity index (χ4n) is 8.03. The molecule has 0 unspecified atom stereocenters. The minimum absolute atomic E-state index is 0. The van der Waals surface area contributed by atoms with Crippen molar-refractivity contribution in [3.63, 3.8) is 0 Å². The Morgan fingerprint density at radius 1 is 0.730 bits per heavy atom. The third-order valence-corrected chi connectivity index (χ3v) is 11.2. The number of ether oxygens (including phenoxy) is 2. The van der Waals surface area contributed by atoms with Gasteiger partial charge in [0, 0.05) is 37.1 Å². The first-order chi connectivity index (χ1) is 34.8. The van der Waals surface area contributed by atoms with Crippen molar-refractivity contribution in [3.8, 4) is 40.3 Å². The highest BCUT2D eigenvalue weighted by Crippen LogP contribution is 2.33. The van der Waals surface area contributed by atoms with E-state index in [4.69, 9.17) is 37.9 Å². The van der Waals surface area contributed by atoms with Crippen molar-refractivity contribution < 1.29 is 27.4 Å². The number of halogens is 3. The van der Waals surface area contributed by atoms with E-state index >= 15 is 0 Å². The SMILES string of the molecule is C.CCCc1nc(C)c2c(=O)[nH]c(-c3cc(N)ccc3OCC)nn12.N#Cc1cc(N)ccc1C(F)(F)F.[C-]#[N+]c1ccc(CC(=O)Cc2ccc(OCC)c(-c3nn4c(CCC)nc(C)c4c(=O)[nH]3)c2)cc1C. The summed E-state index contributed by atoms with van der Waals surface area (Å²) in [6.45, 7) is 21.6. The standard InChI is InChI=1S/C28H29N5O3.C17H21N5O2.C8H5F3N2.CH4/c1-6-8-25-30-18(4)26-28(35)31-27(32-33(25)26)22-16-20(10-12-24(22)36-7-2)15-21(34)14-19-9-11-23(29-5)17(3)13-19;1-4-6-14-19-10(3)15-17(23)20-16(21-22(14)15)12-9-11(18)7-8-13(12)24-5-2;9-8(10,11)7-2-1-6(13)3-5(7)4-12;/h9-13,16H,6-8,14-15H2,1-4H3,(H,31,32,35);7-9H,4-6,18H2,1-3H3,(H,20,21,23);1-3H,13H2;1H4. The highest BCUT2D eigenvalue weighted by Gasteiger charge is 2.33. The molecule has 20 heteroatoms. The van der Waals surface area contributed by atoms with E-state index in [-0.39, 0.29) is 42.9 Å². The number of rotatable bonds is 14. The average molecular weight is 1010 g/mol. The van der Waals surface area contributed by atoms with E-state index in [1.165, 1.54) is 6.07 Å². The van der Waals surface area contributed by atoms with Crippen LogP contribution >= 0.6 is 0 Å². The van der Waals surface area contributed by atoms with E-state index in [9.17, 15) is 27.6 Å². The van der Waals surface area contributed by atoms with Crippen molar-refractivity contribution in [1.29, 1.82) is 5.26 Å². The molecule has 4 heterocycles. The number of nitriles is 1. The third kappa shape index (κ3) is 13.0. The molecule has 0 aliphatic heterocycles. The Labute approximate surface area is 425 Å². The number of anilines is 2. The highest BCUT2D eigenvalue weighted by molar-refractivity contribution is 5.84. The van der Waals surface area contributed by atoms with Crippen LogP contribution in [0.15, 0.2) is 82.4 Å². The molecule has 0 spiro atoms. The van der Waals surface area contributed by atoms with Gasteiger partial charge in [-0.15, -0.1) is 10.2 Å². The van der Waals surface area contributed by atoms with Crippen LogP contribution in [0.25, 0.3) is 38.7 Å². The number of carbonyl (C=O) groups is 1. The van der Waals surface area contributed by atoms with Crippen LogP contribution in [0.3, 0.4) is 0 Å². The monoisotopic (exact) mass is 1010 g/mol. The van der Waals surface area contributed by atoms with Gasteiger partial charge in [-0.25, -0.2) is 23.8 Å². The summed E-state index contributed by atoms with van der Waals surface area (Å²) >= 11 is 0. The molecule has 386 valence electrons. The van der Waals surface area contributed by atoms with E-state index < -0.39 is 17.3 Å². The Bertz CT molecular complexity index is 3530. The molecule has 0 amide bonds. The van der Waals surface area contributed by atoms with Crippen molar-refractivity contribution in [2.75, 3.05) is 24.7 Å². The van der Waals surface area contributed by atoms with Gasteiger partial charge in [-0.3, -0.25) is 14.4 Å². The number of imidazole rings is 2. The minimum atomic E-state index is -4.50. The number of aromatic nitrogens is 8. The number of Topliss-reactive ketones (excluding diaryl/α,β-unsaturated/α-hetero) is 1. The number of nitrogens with one attached hydrogen (secondary N) is 2. The normalized spacial score (nSPS) is 10.9. The number of hydrogen-bond donors (Lipinski definition) is 4. The number of ketones is 1. The largest absolute Gasteiger partial charge is 0.493 e.